The van der Waals surface area contributed by atoms with Gasteiger partial charge in [-0.15, -0.1) is 0 Å². The second-order valence-electron chi connectivity index (χ2n) is 4.95. The maximum atomic E-state index is 12.4. The Morgan fingerprint density at radius 3 is 2.95 bits per heavy atom. The molecule has 1 aliphatic heterocycles. The van der Waals surface area contributed by atoms with E-state index in [9.17, 15) is 13.2 Å². The van der Waals surface area contributed by atoms with Crippen molar-refractivity contribution < 1.29 is 17.9 Å². The zero-order chi connectivity index (χ0) is 14.8. The molecule has 1 atom stereocenters. The van der Waals surface area contributed by atoms with Gasteiger partial charge in [-0.05, 0) is 28.3 Å². The average Bonchev–Trinajstić information content (AvgIpc) is 2.89. The summed E-state index contributed by atoms with van der Waals surface area (Å²) in [5.41, 5.74) is 0.492. The standard InChI is InChI=1S/C12H17BrN2O4S/c1-19-4-3-15-12(10(13)7-14-15)11(16)6-9-2-5-20(17,18)8-9/h7,9H,2-6,8H2,1H3. The minimum atomic E-state index is -2.95. The minimum Gasteiger partial charge on any atom is -0.383 e. The summed E-state index contributed by atoms with van der Waals surface area (Å²) in [6.45, 7) is 0.957. The van der Waals surface area contributed by atoms with Gasteiger partial charge in [0.15, 0.2) is 15.6 Å². The molecule has 0 N–H and O–H groups in total. The Morgan fingerprint density at radius 1 is 1.60 bits per heavy atom. The summed E-state index contributed by atoms with van der Waals surface area (Å²) < 4.78 is 30.1. The van der Waals surface area contributed by atoms with Gasteiger partial charge in [-0.2, -0.15) is 5.10 Å². The van der Waals surface area contributed by atoms with Gasteiger partial charge >= 0.3 is 0 Å². The van der Waals surface area contributed by atoms with Gasteiger partial charge in [-0.3, -0.25) is 9.48 Å². The van der Waals surface area contributed by atoms with E-state index in [-0.39, 0.29) is 29.6 Å². The fraction of sp³-hybridized carbons (Fsp3) is 0.667. The van der Waals surface area contributed by atoms with Crippen LogP contribution in [0.5, 0.6) is 0 Å². The van der Waals surface area contributed by atoms with Crippen molar-refractivity contribution >= 4 is 31.6 Å². The number of ketones is 1. The van der Waals surface area contributed by atoms with Crippen LogP contribution >= 0.6 is 15.9 Å². The fourth-order valence-electron chi connectivity index (χ4n) is 2.38. The third kappa shape index (κ3) is 3.67. The molecule has 8 heteroatoms. The van der Waals surface area contributed by atoms with Crippen LogP contribution < -0.4 is 0 Å². The molecule has 0 bridgehead atoms. The highest BCUT2D eigenvalue weighted by molar-refractivity contribution is 9.10. The molecule has 1 unspecified atom stereocenters. The molecule has 1 aromatic rings. The number of halogens is 1. The highest BCUT2D eigenvalue weighted by Crippen LogP contribution is 2.25. The van der Waals surface area contributed by atoms with Crippen LogP contribution in [0.3, 0.4) is 0 Å². The normalized spacial score (nSPS) is 21.2. The molecule has 1 fully saturated rings. The number of carbonyl (C=O) groups excluding carboxylic acids is 1. The zero-order valence-corrected chi connectivity index (χ0v) is 13.6. The first-order valence-corrected chi connectivity index (χ1v) is 8.98. The largest absolute Gasteiger partial charge is 0.383 e. The van der Waals surface area contributed by atoms with E-state index in [4.69, 9.17) is 4.74 Å². The predicted octanol–water partition coefficient (Wildman–Crippen LogP) is 1.30. The summed E-state index contributed by atoms with van der Waals surface area (Å²) in [5, 5.41) is 4.13. The van der Waals surface area contributed by atoms with Crippen LogP contribution in [0, 0.1) is 5.92 Å². The van der Waals surface area contributed by atoms with Crippen LogP contribution in [0.1, 0.15) is 23.3 Å². The van der Waals surface area contributed by atoms with E-state index >= 15 is 0 Å². The summed E-state index contributed by atoms with van der Waals surface area (Å²) in [6.07, 6.45) is 2.39. The van der Waals surface area contributed by atoms with E-state index in [1.807, 2.05) is 0 Å². The topological polar surface area (TPSA) is 78.3 Å². The molecule has 2 heterocycles. The molecule has 0 saturated carbocycles. The molecular formula is C12H17BrN2O4S. The second kappa shape index (κ2) is 6.36. The number of sulfone groups is 1. The van der Waals surface area contributed by atoms with Gasteiger partial charge in [0.05, 0.1) is 35.3 Å². The number of rotatable bonds is 6. The molecule has 1 aromatic heterocycles. The number of hydrogen-bond acceptors (Lipinski definition) is 5. The van der Waals surface area contributed by atoms with Gasteiger partial charge in [0.25, 0.3) is 0 Å². The number of ether oxygens (including phenoxy) is 1. The Kier molecular flexibility index (Phi) is 4.98. The number of nitrogens with zero attached hydrogens (tertiary/aromatic N) is 2. The van der Waals surface area contributed by atoms with Crippen LogP contribution in [0.25, 0.3) is 0 Å². The molecule has 0 spiro atoms. The first-order chi connectivity index (χ1) is 9.43. The highest BCUT2D eigenvalue weighted by atomic mass is 79.9. The molecule has 20 heavy (non-hydrogen) atoms. The van der Waals surface area contributed by atoms with Gasteiger partial charge < -0.3 is 4.74 Å². The lowest BCUT2D eigenvalue weighted by Crippen LogP contribution is -2.17. The van der Waals surface area contributed by atoms with Crippen LogP contribution in [0.15, 0.2) is 10.7 Å². The van der Waals surface area contributed by atoms with Crippen molar-refractivity contribution in [3.63, 3.8) is 0 Å². The van der Waals surface area contributed by atoms with Crippen molar-refractivity contribution in [2.75, 3.05) is 25.2 Å². The molecule has 1 aliphatic rings. The van der Waals surface area contributed by atoms with Gasteiger partial charge in [-0.25, -0.2) is 8.42 Å². The Morgan fingerprint density at radius 2 is 2.35 bits per heavy atom. The van der Waals surface area contributed by atoms with E-state index in [0.717, 1.165) is 0 Å². The number of methoxy groups -OCH3 is 1. The van der Waals surface area contributed by atoms with E-state index in [2.05, 4.69) is 21.0 Å². The number of hydrogen-bond donors (Lipinski definition) is 0. The van der Waals surface area contributed by atoms with Crippen LogP contribution in [-0.4, -0.2) is 49.2 Å². The minimum absolute atomic E-state index is 0.0763. The summed E-state index contributed by atoms with van der Waals surface area (Å²) in [6, 6.07) is 0. The van der Waals surface area contributed by atoms with E-state index in [0.29, 0.717) is 29.7 Å². The molecule has 0 aliphatic carbocycles. The van der Waals surface area contributed by atoms with Gasteiger partial charge in [0.1, 0.15) is 5.69 Å². The third-order valence-electron chi connectivity index (χ3n) is 3.37. The van der Waals surface area contributed by atoms with E-state index < -0.39 is 9.84 Å². The maximum absolute atomic E-state index is 12.4. The maximum Gasteiger partial charge on any atom is 0.182 e. The first kappa shape index (κ1) is 15.7. The van der Waals surface area contributed by atoms with E-state index in [1.54, 1.807) is 18.0 Å². The summed E-state index contributed by atoms with van der Waals surface area (Å²) in [7, 11) is -1.36. The summed E-state index contributed by atoms with van der Waals surface area (Å²) in [5.74, 6) is 0.148. The number of aromatic nitrogens is 2. The van der Waals surface area contributed by atoms with Crippen LogP contribution in [0.4, 0.5) is 0 Å². The second-order valence-corrected chi connectivity index (χ2v) is 8.04. The average molecular weight is 365 g/mol. The fourth-order valence-corrected chi connectivity index (χ4v) is 4.76. The van der Waals surface area contributed by atoms with Crippen LogP contribution in [0.2, 0.25) is 0 Å². The van der Waals surface area contributed by atoms with Gasteiger partial charge in [0.2, 0.25) is 0 Å². The van der Waals surface area contributed by atoms with Crippen molar-refractivity contribution in [3.8, 4) is 0 Å². The monoisotopic (exact) mass is 364 g/mol. The lowest BCUT2D eigenvalue weighted by molar-refractivity contribution is 0.0950. The molecular weight excluding hydrogens is 348 g/mol. The van der Waals surface area contributed by atoms with Crippen molar-refractivity contribution in [1.29, 1.82) is 0 Å². The van der Waals surface area contributed by atoms with Crippen molar-refractivity contribution in [2.45, 2.75) is 19.4 Å². The van der Waals surface area contributed by atoms with Crippen molar-refractivity contribution in [2.24, 2.45) is 5.92 Å². The smallest absolute Gasteiger partial charge is 0.182 e. The first-order valence-electron chi connectivity index (χ1n) is 6.37. The number of carbonyl (C=O) groups is 1. The molecule has 112 valence electrons. The molecule has 1 saturated heterocycles. The highest BCUT2D eigenvalue weighted by Gasteiger charge is 2.31. The Bertz CT molecular complexity index is 597. The SMILES string of the molecule is COCCn1ncc(Br)c1C(=O)CC1CCS(=O)(=O)C1. The van der Waals surface area contributed by atoms with E-state index in [1.165, 1.54) is 0 Å². The quantitative estimate of drug-likeness (QED) is 0.710. The Labute approximate surface area is 126 Å². The molecule has 6 nitrogen and oxygen atoms in total. The van der Waals surface area contributed by atoms with Gasteiger partial charge in [-0.1, -0.05) is 0 Å². The lowest BCUT2D eigenvalue weighted by atomic mass is 10.0. The third-order valence-corrected chi connectivity index (χ3v) is 5.78. The Hall–Kier alpha value is -0.730. The molecule has 0 aromatic carbocycles. The van der Waals surface area contributed by atoms with Crippen molar-refractivity contribution in [3.05, 3.63) is 16.4 Å². The predicted molar refractivity (Wildman–Crippen MR) is 77.5 cm³/mol. The summed E-state index contributed by atoms with van der Waals surface area (Å²) >= 11 is 3.32. The molecule has 0 amide bonds. The van der Waals surface area contributed by atoms with Crippen LogP contribution in [-0.2, 0) is 21.1 Å². The summed E-state index contributed by atoms with van der Waals surface area (Å²) in [4.78, 5) is 12.4. The lowest BCUT2D eigenvalue weighted by Gasteiger charge is -2.09. The Balaban J connectivity index is 2.07. The van der Waals surface area contributed by atoms with Crippen molar-refractivity contribution in [1.82, 2.24) is 9.78 Å². The molecule has 0 radical (unpaired) electrons. The molecule has 2 rings (SSSR count). The van der Waals surface area contributed by atoms with Gasteiger partial charge in [0, 0.05) is 13.5 Å². The number of Topliss-reactive ketones (excluding diaryl/α,β-unsaturated/α-hetero) is 1. The zero-order valence-electron chi connectivity index (χ0n) is 11.2.